The first-order chi connectivity index (χ1) is 11.2. The quantitative estimate of drug-likeness (QED) is 0.876. The number of nitrogens with zero attached hydrogens (tertiary/aromatic N) is 2. The van der Waals surface area contributed by atoms with Crippen LogP contribution in [0.2, 0.25) is 0 Å². The fourth-order valence-corrected chi connectivity index (χ4v) is 3.65. The number of benzene rings is 1. The Morgan fingerprint density at radius 3 is 2.70 bits per heavy atom. The molecule has 1 heterocycles. The Balaban J connectivity index is 1.77. The minimum absolute atomic E-state index is 0.424. The lowest BCUT2D eigenvalue weighted by atomic mass is 9.95. The molecule has 1 aromatic heterocycles. The maximum Gasteiger partial charge on any atom is 0.248 e. The molecular weight excluding hydrogens is 306 g/mol. The summed E-state index contributed by atoms with van der Waals surface area (Å²) in [5.74, 6) is 0.284. The number of rotatable bonds is 4. The Labute approximate surface area is 139 Å². The van der Waals surface area contributed by atoms with Gasteiger partial charge >= 0.3 is 0 Å². The van der Waals surface area contributed by atoms with Crippen molar-refractivity contribution >= 4 is 17.7 Å². The first-order valence-corrected chi connectivity index (χ1v) is 8.60. The van der Waals surface area contributed by atoms with Gasteiger partial charge in [0, 0.05) is 17.0 Å². The van der Waals surface area contributed by atoms with Gasteiger partial charge in [0.25, 0.3) is 0 Å². The van der Waals surface area contributed by atoms with Gasteiger partial charge in [-0.15, -0.1) is 11.8 Å². The summed E-state index contributed by atoms with van der Waals surface area (Å²) in [6.45, 7) is 0. The van der Waals surface area contributed by atoms with E-state index in [0.29, 0.717) is 16.9 Å². The summed E-state index contributed by atoms with van der Waals surface area (Å²) in [7, 11) is 0. The third-order valence-corrected chi connectivity index (χ3v) is 5.06. The SMILES string of the molecule is N#Cc1cc2c(nc1SCc1ccc(C(N)=O)cc1)CCCC2. The van der Waals surface area contributed by atoms with Crippen LogP contribution in [0.1, 0.15) is 45.6 Å². The van der Waals surface area contributed by atoms with Crippen LogP contribution < -0.4 is 5.73 Å². The number of aryl methyl sites for hydroxylation is 2. The number of amides is 1. The molecule has 2 N–H and O–H groups in total. The van der Waals surface area contributed by atoms with Crippen molar-refractivity contribution < 1.29 is 4.79 Å². The molecule has 2 aromatic rings. The lowest BCUT2D eigenvalue weighted by molar-refractivity contribution is 0.100. The molecule has 0 saturated heterocycles. The minimum Gasteiger partial charge on any atom is -0.366 e. The first kappa shape index (κ1) is 15.6. The summed E-state index contributed by atoms with van der Waals surface area (Å²) in [6, 6.07) is 11.5. The molecule has 0 fully saturated rings. The predicted molar refractivity (Wildman–Crippen MR) is 90.1 cm³/mol. The summed E-state index contributed by atoms with van der Waals surface area (Å²) in [4.78, 5) is 15.8. The van der Waals surface area contributed by atoms with E-state index in [1.54, 1.807) is 23.9 Å². The van der Waals surface area contributed by atoms with Crippen LogP contribution in [-0.2, 0) is 18.6 Å². The Bertz CT molecular complexity index is 778. The van der Waals surface area contributed by atoms with Crippen LogP contribution >= 0.6 is 11.8 Å². The second-order valence-electron chi connectivity index (χ2n) is 5.62. The Hall–Kier alpha value is -2.32. The number of nitriles is 1. The summed E-state index contributed by atoms with van der Waals surface area (Å²) >= 11 is 1.56. The minimum atomic E-state index is -0.424. The normalized spacial score (nSPS) is 13.2. The summed E-state index contributed by atoms with van der Waals surface area (Å²) in [5, 5.41) is 10.2. The molecule has 0 unspecified atom stereocenters. The van der Waals surface area contributed by atoms with Gasteiger partial charge in [-0.3, -0.25) is 4.79 Å². The molecule has 0 aliphatic heterocycles. The molecule has 1 aliphatic rings. The van der Waals surface area contributed by atoms with E-state index in [0.717, 1.165) is 29.1 Å². The van der Waals surface area contributed by atoms with Gasteiger partial charge in [-0.1, -0.05) is 12.1 Å². The highest BCUT2D eigenvalue weighted by atomic mass is 32.2. The number of nitrogens with two attached hydrogens (primary N) is 1. The predicted octanol–water partition coefficient (Wildman–Crippen LogP) is 3.22. The number of hydrogen-bond acceptors (Lipinski definition) is 4. The molecule has 0 spiro atoms. The van der Waals surface area contributed by atoms with Crippen LogP contribution in [0.3, 0.4) is 0 Å². The lowest BCUT2D eigenvalue weighted by Crippen LogP contribution is -2.10. The molecule has 0 atom stereocenters. The summed E-state index contributed by atoms with van der Waals surface area (Å²) < 4.78 is 0. The highest BCUT2D eigenvalue weighted by molar-refractivity contribution is 7.98. The second kappa shape index (κ2) is 6.84. The molecule has 116 valence electrons. The average Bonchev–Trinajstić information content (AvgIpc) is 2.59. The van der Waals surface area contributed by atoms with E-state index < -0.39 is 5.91 Å². The zero-order chi connectivity index (χ0) is 16.2. The molecule has 5 heteroatoms. The van der Waals surface area contributed by atoms with Crippen LogP contribution in [0.15, 0.2) is 35.4 Å². The third-order valence-electron chi connectivity index (χ3n) is 4.00. The van der Waals surface area contributed by atoms with Gasteiger partial charge < -0.3 is 5.73 Å². The molecule has 0 radical (unpaired) electrons. The Kier molecular flexibility index (Phi) is 4.63. The van der Waals surface area contributed by atoms with Crippen molar-refractivity contribution in [3.63, 3.8) is 0 Å². The molecule has 1 aromatic carbocycles. The van der Waals surface area contributed by atoms with Gasteiger partial charge in [0.05, 0.1) is 5.56 Å². The van der Waals surface area contributed by atoms with E-state index in [2.05, 4.69) is 6.07 Å². The van der Waals surface area contributed by atoms with Crippen molar-refractivity contribution in [3.05, 3.63) is 58.3 Å². The topological polar surface area (TPSA) is 79.8 Å². The van der Waals surface area contributed by atoms with Crippen molar-refractivity contribution in [3.8, 4) is 6.07 Å². The summed E-state index contributed by atoms with van der Waals surface area (Å²) in [6.07, 6.45) is 4.38. The third kappa shape index (κ3) is 3.54. The van der Waals surface area contributed by atoms with Crippen molar-refractivity contribution in [2.24, 2.45) is 5.73 Å². The van der Waals surface area contributed by atoms with E-state index in [9.17, 15) is 10.1 Å². The first-order valence-electron chi connectivity index (χ1n) is 7.62. The molecular formula is C18H17N3OS. The number of primary amides is 1. The summed E-state index contributed by atoms with van der Waals surface area (Å²) in [5.41, 5.74) is 9.84. The number of fused-ring (bicyclic) bond motifs is 1. The Morgan fingerprint density at radius 1 is 1.26 bits per heavy atom. The lowest BCUT2D eigenvalue weighted by Gasteiger charge is -2.16. The largest absolute Gasteiger partial charge is 0.366 e. The van der Waals surface area contributed by atoms with Gasteiger partial charge in [0.15, 0.2) is 0 Å². The van der Waals surface area contributed by atoms with Crippen molar-refractivity contribution in [1.82, 2.24) is 4.98 Å². The van der Waals surface area contributed by atoms with Crippen LogP contribution in [0, 0.1) is 11.3 Å². The fourth-order valence-electron chi connectivity index (χ4n) is 2.72. The number of pyridine rings is 1. The van der Waals surface area contributed by atoms with Gasteiger partial charge in [-0.2, -0.15) is 5.26 Å². The average molecular weight is 323 g/mol. The zero-order valence-electron chi connectivity index (χ0n) is 12.7. The maximum absolute atomic E-state index is 11.1. The fraction of sp³-hybridized carbons (Fsp3) is 0.278. The van der Waals surface area contributed by atoms with E-state index in [1.807, 2.05) is 18.2 Å². The molecule has 3 rings (SSSR count). The number of hydrogen-bond donors (Lipinski definition) is 1. The van der Waals surface area contributed by atoms with E-state index in [1.165, 1.54) is 18.4 Å². The van der Waals surface area contributed by atoms with E-state index in [-0.39, 0.29) is 0 Å². The van der Waals surface area contributed by atoms with E-state index in [4.69, 9.17) is 10.7 Å². The van der Waals surface area contributed by atoms with Gasteiger partial charge in [-0.25, -0.2) is 4.98 Å². The smallest absolute Gasteiger partial charge is 0.248 e. The highest BCUT2D eigenvalue weighted by Crippen LogP contribution is 2.29. The van der Waals surface area contributed by atoms with Crippen LogP contribution in [0.4, 0.5) is 0 Å². The molecule has 0 bridgehead atoms. The van der Waals surface area contributed by atoms with Crippen molar-refractivity contribution in [1.29, 1.82) is 5.26 Å². The van der Waals surface area contributed by atoms with Gasteiger partial charge in [0.1, 0.15) is 11.1 Å². The van der Waals surface area contributed by atoms with Crippen LogP contribution in [0.25, 0.3) is 0 Å². The second-order valence-corrected chi connectivity index (χ2v) is 6.58. The standard InChI is InChI=1S/C18H17N3OS/c19-10-15-9-14-3-1-2-4-16(14)21-18(15)23-11-12-5-7-13(8-6-12)17(20)22/h5-9H,1-4,11H2,(H2,20,22). The zero-order valence-corrected chi connectivity index (χ0v) is 13.5. The number of carbonyl (C=O) groups is 1. The van der Waals surface area contributed by atoms with Gasteiger partial charge in [-0.05, 0) is 55.0 Å². The van der Waals surface area contributed by atoms with Crippen molar-refractivity contribution in [2.45, 2.75) is 36.5 Å². The van der Waals surface area contributed by atoms with Crippen molar-refractivity contribution in [2.75, 3.05) is 0 Å². The molecule has 1 amide bonds. The highest BCUT2D eigenvalue weighted by Gasteiger charge is 2.15. The van der Waals surface area contributed by atoms with E-state index >= 15 is 0 Å². The molecule has 23 heavy (non-hydrogen) atoms. The number of carbonyl (C=O) groups excluding carboxylic acids is 1. The number of thioether (sulfide) groups is 1. The van der Waals surface area contributed by atoms with Crippen LogP contribution in [-0.4, -0.2) is 10.9 Å². The molecule has 0 saturated carbocycles. The van der Waals surface area contributed by atoms with Crippen LogP contribution in [0.5, 0.6) is 0 Å². The monoisotopic (exact) mass is 323 g/mol. The number of aromatic nitrogens is 1. The molecule has 1 aliphatic carbocycles. The Morgan fingerprint density at radius 2 is 2.00 bits per heavy atom. The van der Waals surface area contributed by atoms with Gasteiger partial charge in [0.2, 0.25) is 5.91 Å². The molecule has 4 nitrogen and oxygen atoms in total. The maximum atomic E-state index is 11.1.